The Morgan fingerprint density at radius 2 is 1.05 bits per heavy atom. The highest BCUT2D eigenvalue weighted by Gasteiger charge is 2.41. The molecule has 0 amide bonds. The summed E-state index contributed by atoms with van der Waals surface area (Å²) in [6.07, 6.45) is -0.265. The summed E-state index contributed by atoms with van der Waals surface area (Å²) in [4.78, 5) is 23.7. The number of carbonyl (C=O) groups excluding carboxylic acids is 2. The van der Waals surface area contributed by atoms with Crippen molar-refractivity contribution in [2.75, 3.05) is 39.6 Å². The second kappa shape index (κ2) is 11.5. The third kappa shape index (κ3) is 7.02. The highest BCUT2D eigenvalue weighted by atomic mass is 16.6. The first-order valence-corrected chi connectivity index (χ1v) is 12.6. The van der Waals surface area contributed by atoms with Gasteiger partial charge in [0.25, 0.3) is 0 Å². The van der Waals surface area contributed by atoms with Crippen molar-refractivity contribution in [2.45, 2.75) is 46.3 Å². The minimum atomic E-state index is -0.661. The molecule has 2 saturated heterocycles. The van der Waals surface area contributed by atoms with Crippen LogP contribution in [0.2, 0.25) is 0 Å². The van der Waals surface area contributed by atoms with Crippen LogP contribution in [0.25, 0.3) is 0 Å². The molecule has 37 heavy (non-hydrogen) atoms. The first-order valence-electron chi connectivity index (χ1n) is 12.6. The van der Waals surface area contributed by atoms with Gasteiger partial charge in [-0.15, -0.1) is 0 Å². The van der Waals surface area contributed by atoms with E-state index >= 15 is 0 Å². The van der Waals surface area contributed by atoms with Crippen LogP contribution in [0.5, 0.6) is 11.5 Å². The van der Waals surface area contributed by atoms with Crippen LogP contribution in [0.3, 0.4) is 0 Å². The normalized spacial score (nSPS) is 21.2. The Bertz CT molecular complexity index is 973. The summed E-state index contributed by atoms with van der Waals surface area (Å²) in [6.45, 7) is 10.7. The third-order valence-electron chi connectivity index (χ3n) is 6.55. The first-order chi connectivity index (χ1) is 17.6. The Balaban J connectivity index is 1.05. The van der Waals surface area contributed by atoms with Gasteiger partial charge in [0.1, 0.15) is 44.3 Å². The predicted octanol–water partition coefficient (Wildman–Crippen LogP) is 4.82. The van der Waals surface area contributed by atoms with Gasteiger partial charge in [0, 0.05) is 10.8 Å². The van der Waals surface area contributed by atoms with Gasteiger partial charge in [0.05, 0.1) is 25.4 Å². The van der Waals surface area contributed by atoms with E-state index in [1.807, 2.05) is 48.5 Å². The lowest BCUT2D eigenvalue weighted by molar-refractivity contribution is -0.172. The second-order valence-corrected chi connectivity index (χ2v) is 10.8. The second-order valence-electron chi connectivity index (χ2n) is 10.8. The van der Waals surface area contributed by atoms with Gasteiger partial charge in [-0.3, -0.25) is 9.59 Å². The van der Waals surface area contributed by atoms with Crippen LogP contribution in [0, 0.1) is 10.8 Å². The lowest BCUT2D eigenvalue weighted by Gasteiger charge is -2.44. The van der Waals surface area contributed by atoms with Crippen molar-refractivity contribution in [1.29, 1.82) is 0 Å². The van der Waals surface area contributed by atoms with Gasteiger partial charge in [-0.05, 0) is 35.4 Å². The molecule has 2 aromatic rings. The van der Waals surface area contributed by atoms with E-state index in [0.29, 0.717) is 11.5 Å². The van der Waals surface area contributed by atoms with E-state index in [2.05, 4.69) is 27.7 Å². The molecule has 0 spiro atoms. The van der Waals surface area contributed by atoms with Crippen molar-refractivity contribution in [3.05, 3.63) is 59.7 Å². The fourth-order valence-electron chi connectivity index (χ4n) is 4.42. The standard InChI is InChI=1S/C29H36O8/c1-28(2)18-36-26(28)20-5-9-22(10-6-20)32-13-15-34-24(30)17-25(31)35-16-14-33-23-11-7-21(8-12-23)27-29(3,4)19-37-27/h5-12,26-27H,13-19H2,1-4H3. The number of hydrogen-bond acceptors (Lipinski definition) is 8. The van der Waals surface area contributed by atoms with E-state index in [1.165, 1.54) is 0 Å². The van der Waals surface area contributed by atoms with Crippen molar-refractivity contribution >= 4 is 11.9 Å². The molecule has 0 saturated carbocycles. The zero-order chi connectivity index (χ0) is 26.5. The lowest BCUT2D eigenvalue weighted by Crippen LogP contribution is -2.40. The van der Waals surface area contributed by atoms with Crippen LogP contribution in [-0.4, -0.2) is 51.6 Å². The zero-order valence-corrected chi connectivity index (χ0v) is 22.0. The van der Waals surface area contributed by atoms with Gasteiger partial charge in [-0.25, -0.2) is 0 Å². The summed E-state index contributed by atoms with van der Waals surface area (Å²) in [5.74, 6) is 0.0225. The van der Waals surface area contributed by atoms with Gasteiger partial charge in [0.2, 0.25) is 0 Å². The van der Waals surface area contributed by atoms with Gasteiger partial charge in [-0.1, -0.05) is 52.0 Å². The Morgan fingerprint density at radius 1 is 0.676 bits per heavy atom. The molecule has 8 heteroatoms. The third-order valence-corrected chi connectivity index (χ3v) is 6.55. The molecule has 2 heterocycles. The van der Waals surface area contributed by atoms with Crippen molar-refractivity contribution < 1.29 is 38.0 Å². The van der Waals surface area contributed by atoms with Crippen LogP contribution in [0.15, 0.2) is 48.5 Å². The molecule has 0 aliphatic carbocycles. The van der Waals surface area contributed by atoms with Gasteiger partial charge < -0.3 is 28.4 Å². The summed E-state index contributed by atoms with van der Waals surface area (Å²) in [5, 5.41) is 0. The van der Waals surface area contributed by atoms with E-state index in [0.717, 1.165) is 24.3 Å². The van der Waals surface area contributed by atoms with Crippen LogP contribution in [0.4, 0.5) is 0 Å². The monoisotopic (exact) mass is 512 g/mol. The SMILES string of the molecule is CC1(C)COC1c1ccc(OCCOC(=O)CC(=O)OCCOc2ccc(C3OCC3(C)C)cc2)cc1. The minimum Gasteiger partial charge on any atom is -0.490 e. The quantitative estimate of drug-likeness (QED) is 0.227. The maximum atomic E-state index is 11.9. The fourth-order valence-corrected chi connectivity index (χ4v) is 4.42. The summed E-state index contributed by atoms with van der Waals surface area (Å²) in [6, 6.07) is 15.4. The van der Waals surface area contributed by atoms with E-state index < -0.39 is 18.4 Å². The molecule has 8 nitrogen and oxygen atoms in total. The summed E-state index contributed by atoms with van der Waals surface area (Å²) < 4.78 is 32.6. The highest BCUT2D eigenvalue weighted by molar-refractivity contribution is 5.91. The van der Waals surface area contributed by atoms with E-state index in [1.54, 1.807) is 0 Å². The molecule has 2 aromatic carbocycles. The van der Waals surface area contributed by atoms with Crippen LogP contribution < -0.4 is 9.47 Å². The number of esters is 2. The lowest BCUT2D eigenvalue weighted by atomic mass is 9.79. The number of rotatable bonds is 12. The minimum absolute atomic E-state index is 0.0365. The molecule has 2 atom stereocenters. The molecule has 200 valence electrons. The Morgan fingerprint density at radius 3 is 1.35 bits per heavy atom. The topological polar surface area (TPSA) is 89.5 Å². The number of carbonyl (C=O) groups is 2. The van der Waals surface area contributed by atoms with Crippen molar-refractivity contribution in [3.8, 4) is 11.5 Å². The molecule has 0 N–H and O–H groups in total. The van der Waals surface area contributed by atoms with Crippen LogP contribution in [-0.2, 0) is 28.5 Å². The number of benzene rings is 2. The molecule has 0 radical (unpaired) electrons. The average molecular weight is 513 g/mol. The highest BCUT2D eigenvalue weighted by Crippen LogP contribution is 2.46. The van der Waals surface area contributed by atoms with Crippen molar-refractivity contribution in [2.24, 2.45) is 10.8 Å². The number of ether oxygens (including phenoxy) is 6. The number of hydrogen-bond donors (Lipinski definition) is 0. The molecule has 2 unspecified atom stereocenters. The Labute approximate surface area is 218 Å². The largest absolute Gasteiger partial charge is 0.490 e. The molecule has 2 aliphatic heterocycles. The van der Waals surface area contributed by atoms with Gasteiger partial charge in [0.15, 0.2) is 0 Å². The summed E-state index contributed by atoms with van der Waals surface area (Å²) in [7, 11) is 0. The smallest absolute Gasteiger partial charge is 0.317 e. The van der Waals surface area contributed by atoms with Crippen molar-refractivity contribution in [1.82, 2.24) is 0 Å². The maximum Gasteiger partial charge on any atom is 0.317 e. The van der Waals surface area contributed by atoms with Gasteiger partial charge >= 0.3 is 11.9 Å². The summed E-state index contributed by atoms with van der Waals surface area (Å²) in [5.41, 5.74) is 2.50. The molecular formula is C29H36O8. The Hall–Kier alpha value is -3.10. The van der Waals surface area contributed by atoms with Crippen LogP contribution in [0.1, 0.15) is 57.5 Å². The molecule has 4 rings (SSSR count). The average Bonchev–Trinajstić information content (AvgIpc) is 2.85. The van der Waals surface area contributed by atoms with E-state index in [-0.39, 0.29) is 49.5 Å². The van der Waals surface area contributed by atoms with E-state index in [9.17, 15) is 9.59 Å². The van der Waals surface area contributed by atoms with Crippen molar-refractivity contribution in [3.63, 3.8) is 0 Å². The summed E-state index contributed by atoms with van der Waals surface area (Å²) >= 11 is 0. The maximum absolute atomic E-state index is 11.9. The fraction of sp³-hybridized carbons (Fsp3) is 0.517. The van der Waals surface area contributed by atoms with Gasteiger partial charge in [-0.2, -0.15) is 0 Å². The van der Waals surface area contributed by atoms with E-state index in [4.69, 9.17) is 28.4 Å². The molecule has 0 bridgehead atoms. The van der Waals surface area contributed by atoms with Crippen LogP contribution >= 0.6 is 0 Å². The molecule has 2 aliphatic rings. The zero-order valence-electron chi connectivity index (χ0n) is 22.0. The Kier molecular flexibility index (Phi) is 8.39. The molecule has 2 fully saturated rings. The molecular weight excluding hydrogens is 476 g/mol. The molecule has 0 aromatic heterocycles. The predicted molar refractivity (Wildman–Crippen MR) is 135 cm³/mol. The first kappa shape index (κ1) is 26.9.